The van der Waals surface area contributed by atoms with E-state index in [1.807, 2.05) is 20.8 Å². The highest BCUT2D eigenvalue weighted by atomic mass is 16.6. The van der Waals surface area contributed by atoms with Crippen molar-refractivity contribution in [2.75, 3.05) is 13.1 Å². The van der Waals surface area contributed by atoms with Crippen LogP contribution in [-0.2, 0) is 4.74 Å². The fraction of sp³-hybridized carbons (Fsp3) is 0.600. The van der Waals surface area contributed by atoms with Gasteiger partial charge in [-0.25, -0.2) is 14.8 Å². The summed E-state index contributed by atoms with van der Waals surface area (Å²) in [6.07, 6.45) is 5.47. The molecule has 1 aromatic heterocycles. The number of hydrogen-bond donors (Lipinski definition) is 1. The number of nitrogens with one attached hydrogen (secondary N) is 1. The maximum Gasteiger partial charge on any atom is 0.410 e. The molecule has 120 valence electrons. The van der Waals surface area contributed by atoms with Gasteiger partial charge in [0.2, 0.25) is 0 Å². The van der Waals surface area contributed by atoms with Gasteiger partial charge in [-0.05, 0) is 33.6 Å². The molecule has 7 nitrogen and oxygen atoms in total. The van der Waals surface area contributed by atoms with Crippen LogP contribution in [0.25, 0.3) is 0 Å². The second-order valence-corrected chi connectivity index (χ2v) is 6.34. The molecule has 2 amide bonds. The lowest BCUT2D eigenvalue weighted by molar-refractivity contribution is 0.0199. The zero-order valence-corrected chi connectivity index (χ0v) is 13.2. The van der Waals surface area contributed by atoms with Crippen molar-refractivity contribution in [2.24, 2.45) is 0 Å². The van der Waals surface area contributed by atoms with Crippen molar-refractivity contribution in [2.45, 2.75) is 45.3 Å². The van der Waals surface area contributed by atoms with Gasteiger partial charge in [0.25, 0.3) is 5.91 Å². The first-order valence-corrected chi connectivity index (χ1v) is 7.39. The number of amides is 2. The summed E-state index contributed by atoms with van der Waals surface area (Å²) < 4.78 is 5.35. The van der Waals surface area contributed by atoms with Crippen molar-refractivity contribution in [3.63, 3.8) is 0 Å². The standard InChI is InChI=1S/C15H22N4O3/c1-15(2,3)22-14(21)19-6-4-12(5-7-19)18-13(20)11-8-16-10-17-9-11/h8-10,12H,4-7H2,1-3H3,(H,18,20). The molecule has 2 heterocycles. The van der Waals surface area contributed by atoms with Gasteiger partial charge in [0.05, 0.1) is 5.56 Å². The van der Waals surface area contributed by atoms with E-state index in [0.29, 0.717) is 31.5 Å². The number of likely N-dealkylation sites (tertiary alicyclic amines) is 1. The molecular weight excluding hydrogens is 284 g/mol. The van der Waals surface area contributed by atoms with E-state index in [1.165, 1.54) is 18.7 Å². The van der Waals surface area contributed by atoms with Crippen molar-refractivity contribution >= 4 is 12.0 Å². The van der Waals surface area contributed by atoms with Crippen LogP contribution in [0.4, 0.5) is 4.79 Å². The Morgan fingerprint density at radius 1 is 1.23 bits per heavy atom. The average molecular weight is 306 g/mol. The van der Waals surface area contributed by atoms with Gasteiger partial charge in [-0.15, -0.1) is 0 Å². The summed E-state index contributed by atoms with van der Waals surface area (Å²) in [5.41, 5.74) is -0.0489. The van der Waals surface area contributed by atoms with E-state index in [1.54, 1.807) is 4.90 Å². The van der Waals surface area contributed by atoms with Gasteiger partial charge in [-0.2, -0.15) is 0 Å². The van der Waals surface area contributed by atoms with Crippen molar-refractivity contribution in [3.05, 3.63) is 24.3 Å². The lowest BCUT2D eigenvalue weighted by Gasteiger charge is -2.33. The van der Waals surface area contributed by atoms with Gasteiger partial charge in [-0.3, -0.25) is 4.79 Å². The fourth-order valence-electron chi connectivity index (χ4n) is 2.22. The minimum Gasteiger partial charge on any atom is -0.444 e. The van der Waals surface area contributed by atoms with Crippen molar-refractivity contribution in [3.8, 4) is 0 Å². The largest absolute Gasteiger partial charge is 0.444 e. The van der Waals surface area contributed by atoms with Crippen LogP contribution >= 0.6 is 0 Å². The molecule has 0 aromatic carbocycles. The minimum absolute atomic E-state index is 0.0476. The predicted octanol–water partition coefficient (Wildman–Crippen LogP) is 1.61. The topological polar surface area (TPSA) is 84.4 Å². The number of rotatable bonds is 2. The molecule has 1 fully saturated rings. The zero-order chi connectivity index (χ0) is 16.2. The molecule has 0 bridgehead atoms. The van der Waals surface area contributed by atoms with E-state index >= 15 is 0 Å². The average Bonchev–Trinajstić information content (AvgIpc) is 2.47. The molecule has 0 saturated carbocycles. The molecule has 1 saturated heterocycles. The van der Waals surface area contributed by atoms with E-state index in [4.69, 9.17) is 4.74 Å². The maximum absolute atomic E-state index is 12.0. The number of nitrogens with zero attached hydrogens (tertiary/aromatic N) is 3. The number of carbonyl (C=O) groups is 2. The molecule has 1 aliphatic rings. The Labute approximate surface area is 130 Å². The Hall–Kier alpha value is -2.18. The van der Waals surface area contributed by atoms with E-state index < -0.39 is 5.60 Å². The van der Waals surface area contributed by atoms with E-state index in [9.17, 15) is 9.59 Å². The van der Waals surface area contributed by atoms with Gasteiger partial charge in [-0.1, -0.05) is 0 Å². The van der Waals surface area contributed by atoms with Gasteiger partial charge in [0.1, 0.15) is 11.9 Å². The molecule has 2 rings (SSSR count). The summed E-state index contributed by atoms with van der Waals surface area (Å²) in [6, 6.07) is 0.0476. The predicted molar refractivity (Wildman–Crippen MR) is 80.3 cm³/mol. The van der Waals surface area contributed by atoms with Crippen LogP contribution < -0.4 is 5.32 Å². The fourth-order valence-corrected chi connectivity index (χ4v) is 2.22. The van der Waals surface area contributed by atoms with E-state index in [2.05, 4.69) is 15.3 Å². The second-order valence-electron chi connectivity index (χ2n) is 6.34. The quantitative estimate of drug-likeness (QED) is 0.897. The van der Waals surface area contributed by atoms with Gasteiger partial charge in [0, 0.05) is 31.5 Å². The van der Waals surface area contributed by atoms with Crippen LogP contribution in [0.3, 0.4) is 0 Å². The number of aromatic nitrogens is 2. The third-order valence-corrected chi connectivity index (χ3v) is 3.30. The monoisotopic (exact) mass is 306 g/mol. The Balaban J connectivity index is 1.80. The second kappa shape index (κ2) is 6.72. The van der Waals surface area contributed by atoms with Crippen LogP contribution in [0.15, 0.2) is 18.7 Å². The van der Waals surface area contributed by atoms with Gasteiger partial charge < -0.3 is 15.0 Å². The van der Waals surface area contributed by atoms with Crippen LogP contribution in [0.2, 0.25) is 0 Å². The summed E-state index contributed by atoms with van der Waals surface area (Å²) in [5, 5.41) is 2.95. The highest BCUT2D eigenvalue weighted by Crippen LogP contribution is 2.15. The third-order valence-electron chi connectivity index (χ3n) is 3.30. The van der Waals surface area contributed by atoms with Crippen molar-refractivity contribution in [1.82, 2.24) is 20.2 Å². The normalized spacial score (nSPS) is 16.2. The summed E-state index contributed by atoms with van der Waals surface area (Å²) in [4.78, 5) is 33.3. The minimum atomic E-state index is -0.491. The lowest BCUT2D eigenvalue weighted by atomic mass is 10.1. The number of piperidine rings is 1. The van der Waals surface area contributed by atoms with E-state index in [0.717, 1.165) is 0 Å². The molecule has 1 aliphatic heterocycles. The lowest BCUT2D eigenvalue weighted by Crippen LogP contribution is -2.47. The Morgan fingerprint density at radius 2 is 1.82 bits per heavy atom. The molecule has 0 radical (unpaired) electrons. The molecule has 1 N–H and O–H groups in total. The first kappa shape index (κ1) is 16.2. The Kier molecular flexibility index (Phi) is 4.95. The number of ether oxygens (including phenoxy) is 1. The first-order chi connectivity index (χ1) is 10.3. The first-order valence-electron chi connectivity index (χ1n) is 7.39. The SMILES string of the molecule is CC(C)(C)OC(=O)N1CCC(NC(=O)c2cncnc2)CC1. The summed E-state index contributed by atoms with van der Waals surface area (Å²) in [7, 11) is 0. The van der Waals surface area contributed by atoms with Crippen LogP contribution in [-0.4, -0.2) is 51.6 Å². The van der Waals surface area contributed by atoms with Crippen molar-refractivity contribution < 1.29 is 14.3 Å². The number of carbonyl (C=O) groups excluding carboxylic acids is 2. The molecule has 0 atom stereocenters. The van der Waals surface area contributed by atoms with E-state index in [-0.39, 0.29) is 18.0 Å². The van der Waals surface area contributed by atoms with Gasteiger partial charge in [0.15, 0.2) is 0 Å². The van der Waals surface area contributed by atoms with Crippen LogP contribution in [0.5, 0.6) is 0 Å². The number of hydrogen-bond acceptors (Lipinski definition) is 5. The Bertz CT molecular complexity index is 519. The molecule has 0 aliphatic carbocycles. The van der Waals surface area contributed by atoms with Crippen LogP contribution in [0.1, 0.15) is 44.0 Å². The third kappa shape index (κ3) is 4.68. The molecule has 0 spiro atoms. The highest BCUT2D eigenvalue weighted by molar-refractivity contribution is 5.93. The van der Waals surface area contributed by atoms with Crippen LogP contribution in [0, 0.1) is 0 Å². The molecular formula is C15H22N4O3. The Morgan fingerprint density at radius 3 is 2.36 bits per heavy atom. The molecule has 7 heteroatoms. The molecule has 1 aromatic rings. The summed E-state index contributed by atoms with van der Waals surface area (Å²) in [6.45, 7) is 6.69. The van der Waals surface area contributed by atoms with Crippen molar-refractivity contribution in [1.29, 1.82) is 0 Å². The maximum atomic E-state index is 12.0. The molecule has 22 heavy (non-hydrogen) atoms. The summed E-state index contributed by atoms with van der Waals surface area (Å²) >= 11 is 0. The van der Waals surface area contributed by atoms with Gasteiger partial charge >= 0.3 is 6.09 Å². The highest BCUT2D eigenvalue weighted by Gasteiger charge is 2.27. The zero-order valence-electron chi connectivity index (χ0n) is 13.2. The molecule has 0 unspecified atom stereocenters. The summed E-state index contributed by atoms with van der Waals surface area (Å²) in [5.74, 6) is -0.184. The smallest absolute Gasteiger partial charge is 0.410 e.